The molecule has 0 atom stereocenters. The molecule has 2 rings (SSSR count). The third-order valence-corrected chi connectivity index (χ3v) is 2.62. The molecule has 0 bridgehead atoms. The van der Waals surface area contributed by atoms with Crippen molar-refractivity contribution in [2.75, 3.05) is 16.5 Å². The van der Waals surface area contributed by atoms with Crippen molar-refractivity contribution in [3.63, 3.8) is 0 Å². The van der Waals surface area contributed by atoms with Gasteiger partial charge in [0.25, 0.3) is 0 Å². The molecule has 15 heavy (non-hydrogen) atoms. The van der Waals surface area contributed by atoms with Gasteiger partial charge in [-0.2, -0.15) is 9.97 Å². The number of hydrazine groups is 1. The van der Waals surface area contributed by atoms with Crippen molar-refractivity contribution < 1.29 is 0 Å². The van der Waals surface area contributed by atoms with E-state index in [1.807, 2.05) is 0 Å². The molecule has 0 aliphatic heterocycles. The molecule has 1 aromatic rings. The van der Waals surface area contributed by atoms with Gasteiger partial charge in [-0.1, -0.05) is 6.92 Å². The number of aromatic nitrogens is 2. The number of anilines is 3. The molecule has 0 saturated heterocycles. The first kappa shape index (κ1) is 9.97. The number of nitrogens with one attached hydrogen (secondary N) is 2. The van der Waals surface area contributed by atoms with Crippen LogP contribution in [0.3, 0.4) is 0 Å². The van der Waals surface area contributed by atoms with Gasteiger partial charge in [-0.05, 0) is 18.8 Å². The summed E-state index contributed by atoms with van der Waals surface area (Å²) in [4.78, 5) is 8.00. The van der Waals surface area contributed by atoms with Crippen molar-refractivity contribution in [1.29, 1.82) is 0 Å². The van der Waals surface area contributed by atoms with E-state index >= 15 is 0 Å². The summed E-state index contributed by atoms with van der Waals surface area (Å²) in [6, 6.07) is 2.25. The van der Waals surface area contributed by atoms with Crippen LogP contribution in [-0.2, 0) is 0 Å². The number of hydrogen-bond donors (Lipinski definition) is 4. The zero-order chi connectivity index (χ0) is 10.8. The van der Waals surface area contributed by atoms with Crippen molar-refractivity contribution in [2.24, 2.45) is 11.8 Å². The van der Waals surface area contributed by atoms with Crippen LogP contribution in [-0.4, -0.2) is 16.0 Å². The molecule has 0 unspecified atom stereocenters. The van der Waals surface area contributed by atoms with Gasteiger partial charge in [-0.3, -0.25) is 0 Å². The maximum Gasteiger partial charge on any atom is 0.223 e. The fourth-order valence-electron chi connectivity index (χ4n) is 1.84. The Hall–Kier alpha value is -1.56. The number of nitrogens with zero attached hydrogens (tertiary/aromatic N) is 2. The van der Waals surface area contributed by atoms with E-state index in [9.17, 15) is 0 Å². The molecule has 0 amide bonds. The molecule has 1 aliphatic carbocycles. The minimum absolute atomic E-state index is 0.223. The smallest absolute Gasteiger partial charge is 0.223 e. The molecule has 1 aliphatic rings. The summed E-state index contributed by atoms with van der Waals surface area (Å²) in [6.07, 6.45) is 2.35. The lowest BCUT2D eigenvalue weighted by molar-refractivity contribution is 0.308. The van der Waals surface area contributed by atoms with Crippen molar-refractivity contribution in [2.45, 2.75) is 25.8 Å². The Balaban J connectivity index is 2.04. The summed E-state index contributed by atoms with van der Waals surface area (Å²) < 4.78 is 0. The van der Waals surface area contributed by atoms with Crippen LogP contribution in [0, 0.1) is 5.92 Å². The van der Waals surface area contributed by atoms with E-state index in [1.165, 1.54) is 12.8 Å². The van der Waals surface area contributed by atoms with E-state index in [0.717, 1.165) is 11.7 Å². The quantitative estimate of drug-likeness (QED) is 0.427. The Morgan fingerprint density at radius 2 is 2.00 bits per heavy atom. The number of rotatable bonds is 3. The number of nitrogens with two attached hydrogens (primary N) is 2. The van der Waals surface area contributed by atoms with Crippen molar-refractivity contribution in [3.8, 4) is 0 Å². The van der Waals surface area contributed by atoms with Gasteiger partial charge in [0.05, 0.1) is 0 Å². The highest BCUT2D eigenvalue weighted by molar-refractivity contribution is 5.51. The summed E-state index contributed by atoms with van der Waals surface area (Å²) in [5, 5.41) is 3.30. The molecule has 6 N–H and O–H groups in total. The molecule has 0 aromatic carbocycles. The molecule has 1 fully saturated rings. The van der Waals surface area contributed by atoms with E-state index in [2.05, 4.69) is 27.6 Å². The Bertz CT molecular complexity index is 346. The minimum atomic E-state index is 0.223. The molecule has 0 radical (unpaired) electrons. The molecular weight excluding hydrogens is 192 g/mol. The van der Waals surface area contributed by atoms with E-state index in [-0.39, 0.29) is 5.95 Å². The summed E-state index contributed by atoms with van der Waals surface area (Å²) >= 11 is 0. The van der Waals surface area contributed by atoms with Crippen LogP contribution in [0.1, 0.15) is 19.8 Å². The second-order valence-electron chi connectivity index (χ2n) is 4.06. The normalized spacial score (nSPS) is 24.4. The Morgan fingerprint density at radius 1 is 1.33 bits per heavy atom. The fourth-order valence-corrected chi connectivity index (χ4v) is 1.84. The maximum atomic E-state index is 5.54. The van der Waals surface area contributed by atoms with Gasteiger partial charge in [-0.25, -0.2) is 5.84 Å². The zero-order valence-corrected chi connectivity index (χ0v) is 8.70. The lowest BCUT2D eigenvalue weighted by Gasteiger charge is -2.33. The van der Waals surface area contributed by atoms with Crippen LogP contribution in [0.25, 0.3) is 0 Å². The van der Waals surface area contributed by atoms with Crippen LogP contribution in [0.2, 0.25) is 0 Å². The Morgan fingerprint density at radius 3 is 2.60 bits per heavy atom. The standard InChI is InChI=1S/C9H16N6/c1-5-2-6(3-5)12-7-4-8(15-11)14-9(10)13-7/h4-6H,2-3,11H2,1H3,(H4,10,12,13,14,15). The fraction of sp³-hybridized carbons (Fsp3) is 0.556. The first-order chi connectivity index (χ1) is 7.17. The molecular formula is C9H16N6. The van der Waals surface area contributed by atoms with Gasteiger partial charge < -0.3 is 16.5 Å². The Kier molecular flexibility index (Phi) is 2.59. The zero-order valence-electron chi connectivity index (χ0n) is 8.70. The average Bonchev–Trinajstić information content (AvgIpc) is 2.14. The number of nitrogen functional groups attached to an aromatic ring is 2. The lowest BCUT2D eigenvalue weighted by atomic mass is 9.82. The van der Waals surface area contributed by atoms with Crippen LogP contribution < -0.4 is 22.3 Å². The van der Waals surface area contributed by atoms with E-state index in [4.69, 9.17) is 11.6 Å². The van der Waals surface area contributed by atoms with Gasteiger partial charge in [-0.15, -0.1) is 0 Å². The average molecular weight is 208 g/mol. The minimum Gasteiger partial charge on any atom is -0.368 e. The maximum absolute atomic E-state index is 5.54. The third-order valence-electron chi connectivity index (χ3n) is 2.62. The molecule has 1 heterocycles. The predicted octanol–water partition coefficient (Wildman–Crippen LogP) is 0.555. The number of hydrogen-bond acceptors (Lipinski definition) is 6. The van der Waals surface area contributed by atoms with Gasteiger partial charge in [0.15, 0.2) is 0 Å². The molecule has 1 saturated carbocycles. The van der Waals surface area contributed by atoms with Crippen LogP contribution in [0.5, 0.6) is 0 Å². The van der Waals surface area contributed by atoms with E-state index in [0.29, 0.717) is 11.9 Å². The highest BCUT2D eigenvalue weighted by atomic mass is 15.3. The highest BCUT2D eigenvalue weighted by Gasteiger charge is 2.25. The summed E-state index contributed by atoms with van der Waals surface area (Å²) in [7, 11) is 0. The summed E-state index contributed by atoms with van der Waals surface area (Å²) in [6.45, 7) is 2.24. The van der Waals surface area contributed by atoms with Crippen LogP contribution in [0.4, 0.5) is 17.6 Å². The van der Waals surface area contributed by atoms with Crippen LogP contribution in [0.15, 0.2) is 6.07 Å². The molecule has 1 aromatic heterocycles. The first-order valence-corrected chi connectivity index (χ1v) is 5.05. The highest BCUT2D eigenvalue weighted by Crippen LogP contribution is 2.29. The molecule has 6 nitrogen and oxygen atoms in total. The van der Waals surface area contributed by atoms with E-state index < -0.39 is 0 Å². The van der Waals surface area contributed by atoms with Crippen LogP contribution >= 0.6 is 0 Å². The van der Waals surface area contributed by atoms with Crippen molar-refractivity contribution >= 4 is 17.6 Å². The molecule has 6 heteroatoms. The van der Waals surface area contributed by atoms with Gasteiger partial charge in [0.2, 0.25) is 5.95 Å². The molecule has 0 spiro atoms. The van der Waals surface area contributed by atoms with Crippen molar-refractivity contribution in [3.05, 3.63) is 6.07 Å². The second-order valence-corrected chi connectivity index (χ2v) is 4.06. The van der Waals surface area contributed by atoms with Gasteiger partial charge in [0, 0.05) is 12.1 Å². The molecule has 82 valence electrons. The predicted molar refractivity (Wildman–Crippen MR) is 60.1 cm³/mol. The second kappa shape index (κ2) is 3.90. The lowest BCUT2D eigenvalue weighted by Crippen LogP contribution is -2.34. The SMILES string of the molecule is CC1CC(Nc2cc(NN)nc(N)n2)C1. The first-order valence-electron chi connectivity index (χ1n) is 5.05. The van der Waals surface area contributed by atoms with Crippen molar-refractivity contribution in [1.82, 2.24) is 9.97 Å². The Labute approximate surface area is 88.4 Å². The van der Waals surface area contributed by atoms with Gasteiger partial charge in [0.1, 0.15) is 11.6 Å². The largest absolute Gasteiger partial charge is 0.368 e. The third kappa shape index (κ3) is 2.27. The monoisotopic (exact) mass is 208 g/mol. The van der Waals surface area contributed by atoms with E-state index in [1.54, 1.807) is 6.07 Å². The van der Waals surface area contributed by atoms with Gasteiger partial charge >= 0.3 is 0 Å². The summed E-state index contributed by atoms with van der Waals surface area (Å²) in [5.74, 6) is 7.54. The topological polar surface area (TPSA) is 102 Å². The summed E-state index contributed by atoms with van der Waals surface area (Å²) in [5.41, 5.74) is 7.99.